The van der Waals surface area contributed by atoms with E-state index in [9.17, 15) is 4.79 Å². The van der Waals surface area contributed by atoms with Crippen molar-refractivity contribution in [1.29, 1.82) is 0 Å². The minimum Gasteiger partial charge on any atom is -0.465 e. The molecule has 0 aliphatic heterocycles. The van der Waals surface area contributed by atoms with Gasteiger partial charge in [0.25, 0.3) is 0 Å². The third-order valence-electron chi connectivity index (χ3n) is 2.44. The number of carbonyl (C=O) groups excluding carboxylic acids is 1. The molecule has 2 aromatic rings. The van der Waals surface area contributed by atoms with Crippen molar-refractivity contribution in [2.75, 3.05) is 6.61 Å². The first-order valence-electron chi connectivity index (χ1n) is 5.75. The lowest BCUT2D eigenvalue weighted by molar-refractivity contribution is -0.144. The van der Waals surface area contributed by atoms with E-state index in [0.29, 0.717) is 18.8 Å². The zero-order valence-electron chi connectivity index (χ0n) is 10.1. The van der Waals surface area contributed by atoms with Gasteiger partial charge in [-0.15, -0.1) is 11.3 Å². The highest BCUT2D eigenvalue weighted by molar-refractivity contribution is 7.13. The Morgan fingerprint density at radius 2 is 2.33 bits per heavy atom. The normalized spacial score (nSPS) is 12.3. The molecule has 0 spiro atoms. The second kappa shape index (κ2) is 5.84. The zero-order valence-corrected chi connectivity index (χ0v) is 10.9. The first-order valence-corrected chi connectivity index (χ1v) is 6.63. The number of rotatable bonds is 5. The molecular formula is C13H15NO3S. The summed E-state index contributed by atoms with van der Waals surface area (Å²) in [6, 6.07) is 7.01. The van der Waals surface area contributed by atoms with Crippen LogP contribution in [-0.4, -0.2) is 18.6 Å². The molecule has 0 aromatic carbocycles. The highest BCUT2D eigenvalue weighted by Crippen LogP contribution is 2.26. The molecule has 0 bridgehead atoms. The number of hydrogen-bond acceptors (Lipinski definition) is 5. The van der Waals surface area contributed by atoms with Crippen molar-refractivity contribution in [3.05, 3.63) is 35.4 Å². The van der Waals surface area contributed by atoms with E-state index in [4.69, 9.17) is 14.9 Å². The Balaban J connectivity index is 2.01. The molecular weight excluding hydrogens is 250 g/mol. The molecule has 2 rings (SSSR count). The molecule has 96 valence electrons. The van der Waals surface area contributed by atoms with Crippen LogP contribution in [0.25, 0.3) is 10.6 Å². The predicted octanol–water partition coefficient (Wildman–Crippen LogP) is 2.44. The molecule has 4 nitrogen and oxygen atoms in total. The Kier molecular flexibility index (Phi) is 4.17. The topological polar surface area (TPSA) is 65.5 Å². The minimum absolute atomic E-state index is 0.338. The van der Waals surface area contributed by atoms with Gasteiger partial charge in [0.1, 0.15) is 17.6 Å². The maximum Gasteiger partial charge on any atom is 0.323 e. The summed E-state index contributed by atoms with van der Waals surface area (Å²) in [6.07, 6.45) is 0.351. The third-order valence-corrected chi connectivity index (χ3v) is 3.32. The first-order chi connectivity index (χ1) is 8.70. The van der Waals surface area contributed by atoms with Crippen molar-refractivity contribution >= 4 is 17.3 Å². The molecule has 0 amide bonds. The monoisotopic (exact) mass is 265 g/mol. The summed E-state index contributed by atoms with van der Waals surface area (Å²) in [6.45, 7) is 2.09. The molecule has 1 atom stereocenters. The van der Waals surface area contributed by atoms with Crippen molar-refractivity contribution in [3.63, 3.8) is 0 Å². The zero-order chi connectivity index (χ0) is 13.0. The van der Waals surface area contributed by atoms with Gasteiger partial charge in [-0.1, -0.05) is 6.07 Å². The lowest BCUT2D eigenvalue weighted by Crippen LogP contribution is -2.34. The number of nitrogens with two attached hydrogens (primary N) is 1. The Morgan fingerprint density at radius 3 is 3.00 bits per heavy atom. The van der Waals surface area contributed by atoms with E-state index in [2.05, 4.69) is 0 Å². The van der Waals surface area contributed by atoms with Crippen molar-refractivity contribution < 1.29 is 13.9 Å². The van der Waals surface area contributed by atoms with Gasteiger partial charge >= 0.3 is 5.97 Å². The van der Waals surface area contributed by atoms with Crippen molar-refractivity contribution in [2.45, 2.75) is 19.4 Å². The summed E-state index contributed by atoms with van der Waals surface area (Å²) < 4.78 is 10.5. The molecule has 2 N–H and O–H groups in total. The SMILES string of the molecule is CCOC(=O)C(N)Cc1ccc(-c2cccs2)o1. The van der Waals surface area contributed by atoms with E-state index < -0.39 is 12.0 Å². The molecule has 2 heterocycles. The van der Waals surface area contributed by atoms with E-state index in [0.717, 1.165) is 10.6 Å². The molecule has 0 saturated carbocycles. The fourth-order valence-electron chi connectivity index (χ4n) is 1.59. The summed E-state index contributed by atoms with van der Waals surface area (Å²) in [4.78, 5) is 12.5. The summed E-state index contributed by atoms with van der Waals surface area (Å²) in [5.74, 6) is 1.10. The summed E-state index contributed by atoms with van der Waals surface area (Å²) in [5, 5.41) is 1.99. The van der Waals surface area contributed by atoms with Crippen molar-refractivity contribution in [1.82, 2.24) is 0 Å². The lowest BCUT2D eigenvalue weighted by Gasteiger charge is -2.08. The van der Waals surface area contributed by atoms with Gasteiger partial charge in [-0.25, -0.2) is 0 Å². The van der Waals surface area contributed by atoms with Crippen LogP contribution in [0.2, 0.25) is 0 Å². The maximum absolute atomic E-state index is 11.4. The highest BCUT2D eigenvalue weighted by atomic mass is 32.1. The van der Waals surface area contributed by atoms with E-state index in [-0.39, 0.29) is 0 Å². The molecule has 0 saturated heterocycles. The van der Waals surface area contributed by atoms with Gasteiger partial charge in [-0.05, 0) is 30.5 Å². The van der Waals surface area contributed by atoms with Gasteiger partial charge in [0.05, 0.1) is 11.5 Å². The van der Waals surface area contributed by atoms with Crippen LogP contribution in [-0.2, 0) is 16.0 Å². The van der Waals surface area contributed by atoms with Gasteiger partial charge in [0.2, 0.25) is 0 Å². The Morgan fingerprint density at radius 1 is 1.50 bits per heavy atom. The molecule has 0 aliphatic carbocycles. The second-order valence-corrected chi connectivity index (χ2v) is 4.75. The third kappa shape index (κ3) is 3.00. The van der Waals surface area contributed by atoms with E-state index in [1.54, 1.807) is 18.3 Å². The van der Waals surface area contributed by atoms with Gasteiger partial charge in [0.15, 0.2) is 0 Å². The largest absolute Gasteiger partial charge is 0.465 e. The average molecular weight is 265 g/mol. The van der Waals surface area contributed by atoms with Crippen LogP contribution in [0.5, 0.6) is 0 Å². The second-order valence-electron chi connectivity index (χ2n) is 3.81. The van der Waals surface area contributed by atoms with Crippen LogP contribution < -0.4 is 5.73 Å². The summed E-state index contributed by atoms with van der Waals surface area (Å²) in [5.41, 5.74) is 5.73. The van der Waals surface area contributed by atoms with Gasteiger partial charge < -0.3 is 14.9 Å². The van der Waals surface area contributed by atoms with Crippen LogP contribution in [0, 0.1) is 0 Å². The van der Waals surface area contributed by atoms with Crippen LogP contribution in [0.15, 0.2) is 34.1 Å². The summed E-state index contributed by atoms with van der Waals surface area (Å²) in [7, 11) is 0. The molecule has 1 unspecified atom stereocenters. The molecule has 0 aliphatic rings. The van der Waals surface area contributed by atoms with Crippen LogP contribution in [0.1, 0.15) is 12.7 Å². The van der Waals surface area contributed by atoms with E-state index in [1.807, 2.05) is 29.6 Å². The number of furan rings is 1. The molecule has 5 heteroatoms. The first kappa shape index (κ1) is 12.9. The lowest BCUT2D eigenvalue weighted by atomic mass is 10.2. The molecule has 2 aromatic heterocycles. The summed E-state index contributed by atoms with van der Waals surface area (Å²) >= 11 is 1.61. The average Bonchev–Trinajstić information content (AvgIpc) is 2.98. The fraction of sp³-hybridized carbons (Fsp3) is 0.308. The molecule has 0 fully saturated rings. The van der Waals surface area contributed by atoms with Crippen LogP contribution in [0.4, 0.5) is 0 Å². The smallest absolute Gasteiger partial charge is 0.323 e. The van der Waals surface area contributed by atoms with Crippen molar-refractivity contribution in [3.8, 4) is 10.6 Å². The number of hydrogen-bond donors (Lipinski definition) is 1. The quantitative estimate of drug-likeness (QED) is 0.843. The number of thiophene rings is 1. The Hall–Kier alpha value is -1.59. The highest BCUT2D eigenvalue weighted by Gasteiger charge is 2.17. The van der Waals surface area contributed by atoms with Crippen LogP contribution in [0.3, 0.4) is 0 Å². The van der Waals surface area contributed by atoms with Crippen LogP contribution >= 0.6 is 11.3 Å². The number of carbonyl (C=O) groups is 1. The van der Waals surface area contributed by atoms with Gasteiger partial charge in [-0.2, -0.15) is 0 Å². The number of ether oxygens (including phenoxy) is 1. The Labute approximate surface area is 109 Å². The molecule has 18 heavy (non-hydrogen) atoms. The van der Waals surface area contributed by atoms with Crippen molar-refractivity contribution in [2.24, 2.45) is 5.73 Å². The van der Waals surface area contributed by atoms with Gasteiger partial charge in [0, 0.05) is 6.42 Å². The van der Waals surface area contributed by atoms with E-state index >= 15 is 0 Å². The maximum atomic E-state index is 11.4. The Bertz CT molecular complexity index is 504. The number of esters is 1. The fourth-order valence-corrected chi connectivity index (χ4v) is 2.27. The molecule has 0 radical (unpaired) electrons. The van der Waals surface area contributed by atoms with E-state index in [1.165, 1.54) is 0 Å². The predicted molar refractivity (Wildman–Crippen MR) is 70.3 cm³/mol. The minimum atomic E-state index is -0.674. The van der Waals surface area contributed by atoms with Gasteiger partial charge in [-0.3, -0.25) is 4.79 Å². The standard InChI is InChI=1S/C13H15NO3S/c1-2-16-13(15)10(14)8-9-5-6-11(17-9)12-4-3-7-18-12/h3-7,10H,2,8,14H2,1H3.